The molecule has 0 bridgehead atoms. The van der Waals surface area contributed by atoms with Gasteiger partial charge in [0.2, 0.25) is 5.91 Å². The van der Waals surface area contributed by atoms with E-state index >= 15 is 0 Å². The SMILES string of the molecule is O=C(NC1CC1)c1ccc2c(c1)NC(=O)C(CS(=O)(=O)Cc1ccccc1Cl)N2. The summed E-state index contributed by atoms with van der Waals surface area (Å²) in [6, 6.07) is 10.9. The van der Waals surface area contributed by atoms with Gasteiger partial charge in [0.25, 0.3) is 5.91 Å². The summed E-state index contributed by atoms with van der Waals surface area (Å²) < 4.78 is 25.2. The number of hydrogen-bond acceptors (Lipinski definition) is 5. The maximum Gasteiger partial charge on any atom is 0.251 e. The molecule has 9 heteroatoms. The highest BCUT2D eigenvalue weighted by Crippen LogP contribution is 2.29. The molecule has 0 aromatic heterocycles. The molecule has 1 aliphatic heterocycles. The van der Waals surface area contributed by atoms with Gasteiger partial charge in [-0.15, -0.1) is 0 Å². The summed E-state index contributed by atoms with van der Waals surface area (Å²) in [5.41, 5.74) is 1.98. The van der Waals surface area contributed by atoms with Crippen molar-refractivity contribution in [2.24, 2.45) is 0 Å². The Hall–Kier alpha value is -2.58. The molecule has 1 saturated carbocycles. The summed E-state index contributed by atoms with van der Waals surface area (Å²) in [5, 5.41) is 8.93. The zero-order valence-electron chi connectivity index (χ0n) is 15.4. The Labute approximate surface area is 173 Å². The predicted molar refractivity (Wildman–Crippen MR) is 112 cm³/mol. The van der Waals surface area contributed by atoms with Gasteiger partial charge in [-0.3, -0.25) is 9.59 Å². The fourth-order valence-electron chi connectivity index (χ4n) is 3.17. The second-order valence-corrected chi connectivity index (χ2v) is 9.86. The van der Waals surface area contributed by atoms with Crippen molar-refractivity contribution in [2.75, 3.05) is 16.4 Å². The van der Waals surface area contributed by atoms with Crippen molar-refractivity contribution in [3.05, 3.63) is 58.6 Å². The molecule has 29 heavy (non-hydrogen) atoms. The number of carbonyl (C=O) groups is 2. The van der Waals surface area contributed by atoms with Crippen LogP contribution in [0.2, 0.25) is 5.02 Å². The van der Waals surface area contributed by atoms with E-state index in [0.717, 1.165) is 12.8 Å². The van der Waals surface area contributed by atoms with Gasteiger partial charge < -0.3 is 16.0 Å². The first-order valence-electron chi connectivity index (χ1n) is 9.27. The third-order valence-electron chi connectivity index (χ3n) is 4.85. The van der Waals surface area contributed by atoms with Gasteiger partial charge >= 0.3 is 0 Å². The fraction of sp³-hybridized carbons (Fsp3) is 0.300. The average Bonchev–Trinajstić information content (AvgIpc) is 3.47. The summed E-state index contributed by atoms with van der Waals surface area (Å²) in [4.78, 5) is 24.6. The minimum absolute atomic E-state index is 0.186. The molecule has 1 heterocycles. The summed E-state index contributed by atoms with van der Waals surface area (Å²) in [6.07, 6.45) is 1.97. The zero-order chi connectivity index (χ0) is 20.6. The van der Waals surface area contributed by atoms with Gasteiger partial charge in [0.1, 0.15) is 6.04 Å². The zero-order valence-corrected chi connectivity index (χ0v) is 17.0. The Kier molecular flexibility index (Phi) is 5.23. The van der Waals surface area contributed by atoms with E-state index in [9.17, 15) is 18.0 Å². The molecule has 0 radical (unpaired) electrons. The second kappa shape index (κ2) is 7.68. The van der Waals surface area contributed by atoms with Gasteiger partial charge in [-0.1, -0.05) is 29.8 Å². The van der Waals surface area contributed by atoms with E-state index in [1.165, 1.54) is 0 Å². The van der Waals surface area contributed by atoms with Crippen molar-refractivity contribution < 1.29 is 18.0 Å². The van der Waals surface area contributed by atoms with Crippen molar-refractivity contribution in [2.45, 2.75) is 30.7 Å². The number of rotatable bonds is 6. The Morgan fingerprint density at radius 2 is 1.90 bits per heavy atom. The van der Waals surface area contributed by atoms with Gasteiger partial charge in [-0.25, -0.2) is 8.42 Å². The number of nitrogens with one attached hydrogen (secondary N) is 3. The van der Waals surface area contributed by atoms with Crippen LogP contribution < -0.4 is 16.0 Å². The van der Waals surface area contributed by atoms with E-state index in [4.69, 9.17) is 11.6 Å². The molecule has 3 N–H and O–H groups in total. The summed E-state index contributed by atoms with van der Waals surface area (Å²) >= 11 is 6.05. The molecule has 1 aliphatic carbocycles. The Balaban J connectivity index is 1.46. The van der Waals surface area contributed by atoms with Gasteiger partial charge in [-0.2, -0.15) is 0 Å². The minimum atomic E-state index is -3.59. The maximum atomic E-state index is 12.6. The number of amides is 2. The van der Waals surface area contributed by atoms with Crippen LogP contribution in [-0.4, -0.2) is 38.1 Å². The number of hydrogen-bond donors (Lipinski definition) is 3. The van der Waals surface area contributed by atoms with Gasteiger partial charge in [0, 0.05) is 16.6 Å². The monoisotopic (exact) mass is 433 g/mol. The third kappa shape index (κ3) is 4.71. The molecular weight excluding hydrogens is 414 g/mol. The summed E-state index contributed by atoms with van der Waals surface area (Å²) in [6.45, 7) is 0. The molecule has 152 valence electrons. The van der Waals surface area contributed by atoms with Crippen molar-refractivity contribution in [3.8, 4) is 0 Å². The second-order valence-electron chi connectivity index (χ2n) is 7.34. The smallest absolute Gasteiger partial charge is 0.251 e. The first-order chi connectivity index (χ1) is 13.8. The molecule has 2 amide bonds. The van der Waals surface area contributed by atoms with E-state index in [0.29, 0.717) is 27.5 Å². The number of benzene rings is 2. The van der Waals surface area contributed by atoms with Crippen LogP contribution in [0.5, 0.6) is 0 Å². The maximum absolute atomic E-state index is 12.6. The molecule has 0 spiro atoms. The minimum Gasteiger partial charge on any atom is -0.371 e. The van der Waals surface area contributed by atoms with E-state index in [1.54, 1.807) is 42.5 Å². The highest BCUT2D eigenvalue weighted by atomic mass is 35.5. The first-order valence-corrected chi connectivity index (χ1v) is 11.5. The third-order valence-corrected chi connectivity index (χ3v) is 6.81. The van der Waals surface area contributed by atoms with E-state index in [-0.39, 0.29) is 23.5 Å². The Bertz CT molecular complexity index is 1080. The van der Waals surface area contributed by atoms with Crippen LogP contribution in [0.3, 0.4) is 0 Å². The molecule has 4 rings (SSSR count). The normalized spacial score (nSPS) is 18.4. The summed E-state index contributed by atoms with van der Waals surface area (Å²) in [5.74, 6) is -1.26. The van der Waals surface area contributed by atoms with Gasteiger partial charge in [0.05, 0.1) is 22.9 Å². The standard InChI is InChI=1S/C20H20ClN3O4S/c21-15-4-2-1-3-13(15)10-29(27,28)11-18-20(26)24-17-9-12(5-8-16(17)23-18)19(25)22-14-6-7-14/h1-5,8-9,14,18,23H,6-7,10-11H2,(H,22,25)(H,24,26). The van der Waals surface area contributed by atoms with E-state index in [2.05, 4.69) is 16.0 Å². The number of halogens is 1. The van der Waals surface area contributed by atoms with Crippen LogP contribution in [0.1, 0.15) is 28.8 Å². The van der Waals surface area contributed by atoms with Crippen LogP contribution in [0.25, 0.3) is 0 Å². The van der Waals surface area contributed by atoms with Crippen molar-refractivity contribution in [1.29, 1.82) is 0 Å². The van der Waals surface area contributed by atoms with Crippen LogP contribution in [0.4, 0.5) is 11.4 Å². The molecule has 7 nitrogen and oxygen atoms in total. The lowest BCUT2D eigenvalue weighted by Crippen LogP contribution is -2.43. The van der Waals surface area contributed by atoms with Gasteiger partial charge in [0.15, 0.2) is 9.84 Å². The molecule has 2 aliphatic rings. The molecule has 2 aromatic carbocycles. The van der Waals surface area contributed by atoms with Crippen LogP contribution in [0.15, 0.2) is 42.5 Å². The number of anilines is 2. The number of sulfone groups is 1. The van der Waals surface area contributed by atoms with E-state index in [1.807, 2.05) is 0 Å². The number of carbonyl (C=O) groups excluding carboxylic acids is 2. The van der Waals surface area contributed by atoms with Crippen LogP contribution >= 0.6 is 11.6 Å². The Morgan fingerprint density at radius 3 is 2.62 bits per heavy atom. The van der Waals surface area contributed by atoms with Crippen LogP contribution in [0, 0.1) is 0 Å². The highest BCUT2D eigenvalue weighted by Gasteiger charge is 2.31. The Morgan fingerprint density at radius 1 is 1.14 bits per heavy atom. The van der Waals surface area contributed by atoms with E-state index < -0.39 is 21.8 Å². The quantitative estimate of drug-likeness (QED) is 0.649. The molecule has 1 fully saturated rings. The predicted octanol–water partition coefficient (Wildman–Crippen LogP) is 2.58. The topological polar surface area (TPSA) is 104 Å². The lowest BCUT2D eigenvalue weighted by Gasteiger charge is -2.27. The lowest BCUT2D eigenvalue weighted by molar-refractivity contribution is -0.116. The largest absolute Gasteiger partial charge is 0.371 e. The first kappa shape index (κ1) is 19.7. The van der Waals surface area contributed by atoms with Crippen LogP contribution in [-0.2, 0) is 20.4 Å². The molecular formula is C20H20ClN3O4S. The average molecular weight is 434 g/mol. The summed E-state index contributed by atoms with van der Waals surface area (Å²) in [7, 11) is -3.59. The van der Waals surface area contributed by atoms with Crippen molar-refractivity contribution >= 4 is 44.6 Å². The molecule has 2 aromatic rings. The highest BCUT2D eigenvalue weighted by molar-refractivity contribution is 7.90. The lowest BCUT2D eigenvalue weighted by atomic mass is 10.1. The molecule has 1 unspecified atom stereocenters. The number of fused-ring (bicyclic) bond motifs is 1. The van der Waals surface area contributed by atoms with Crippen molar-refractivity contribution in [1.82, 2.24) is 5.32 Å². The molecule has 0 saturated heterocycles. The fourth-order valence-corrected chi connectivity index (χ4v) is 5.03. The van der Waals surface area contributed by atoms with Crippen molar-refractivity contribution in [3.63, 3.8) is 0 Å². The molecule has 1 atom stereocenters. The van der Waals surface area contributed by atoms with Gasteiger partial charge in [-0.05, 0) is 42.7 Å².